The number of benzene rings is 1. The Morgan fingerprint density at radius 3 is 2.63 bits per heavy atom. The molecule has 0 spiro atoms. The first-order valence-corrected chi connectivity index (χ1v) is 8.74. The molecule has 3 aromatic rings. The van der Waals surface area contributed by atoms with Crippen molar-refractivity contribution < 1.29 is 9.53 Å². The molecule has 140 valence electrons. The third-order valence-electron chi connectivity index (χ3n) is 4.19. The molecule has 1 aromatic carbocycles. The summed E-state index contributed by atoms with van der Waals surface area (Å²) >= 11 is 0. The minimum absolute atomic E-state index is 0.205. The van der Waals surface area contributed by atoms with E-state index in [4.69, 9.17) is 4.74 Å². The highest BCUT2D eigenvalue weighted by atomic mass is 16.5. The molecule has 0 unspecified atom stereocenters. The lowest BCUT2D eigenvalue weighted by molar-refractivity contribution is 0.240. The third-order valence-corrected chi connectivity index (χ3v) is 4.19. The SMILES string of the molecule is COc1ccc(CCNC(=O)NCc2cc(-c3ccccn3)nn2C)cc1. The fourth-order valence-electron chi connectivity index (χ4n) is 2.66. The van der Waals surface area contributed by atoms with Crippen LogP contribution < -0.4 is 15.4 Å². The Morgan fingerprint density at radius 2 is 1.93 bits per heavy atom. The van der Waals surface area contributed by atoms with Gasteiger partial charge in [-0.2, -0.15) is 5.10 Å². The van der Waals surface area contributed by atoms with Crippen LogP contribution in [0.2, 0.25) is 0 Å². The predicted octanol–water partition coefficient (Wildman–Crippen LogP) is 2.53. The Labute approximate surface area is 158 Å². The zero-order chi connectivity index (χ0) is 19.1. The topological polar surface area (TPSA) is 81.1 Å². The number of pyridine rings is 1. The molecule has 27 heavy (non-hydrogen) atoms. The van der Waals surface area contributed by atoms with Gasteiger partial charge in [-0.25, -0.2) is 4.79 Å². The highest BCUT2D eigenvalue weighted by Crippen LogP contribution is 2.15. The van der Waals surface area contributed by atoms with Gasteiger partial charge in [0.2, 0.25) is 0 Å². The maximum atomic E-state index is 12.0. The zero-order valence-electron chi connectivity index (χ0n) is 15.5. The molecule has 0 radical (unpaired) electrons. The van der Waals surface area contributed by atoms with Crippen molar-refractivity contribution in [3.63, 3.8) is 0 Å². The molecule has 2 heterocycles. The number of hydrogen-bond acceptors (Lipinski definition) is 4. The van der Waals surface area contributed by atoms with E-state index in [0.717, 1.165) is 34.8 Å². The average Bonchev–Trinajstić information content (AvgIpc) is 3.08. The van der Waals surface area contributed by atoms with Crippen LogP contribution >= 0.6 is 0 Å². The number of urea groups is 1. The summed E-state index contributed by atoms with van der Waals surface area (Å²) in [6.45, 7) is 0.952. The zero-order valence-corrected chi connectivity index (χ0v) is 15.5. The van der Waals surface area contributed by atoms with Gasteiger partial charge < -0.3 is 15.4 Å². The van der Waals surface area contributed by atoms with E-state index in [1.807, 2.05) is 55.6 Å². The first-order valence-electron chi connectivity index (χ1n) is 8.74. The van der Waals surface area contributed by atoms with E-state index in [9.17, 15) is 4.79 Å². The van der Waals surface area contributed by atoms with Gasteiger partial charge in [0.1, 0.15) is 11.4 Å². The minimum Gasteiger partial charge on any atom is -0.497 e. The lowest BCUT2D eigenvalue weighted by Gasteiger charge is -2.08. The highest BCUT2D eigenvalue weighted by Gasteiger charge is 2.09. The first-order chi connectivity index (χ1) is 13.2. The minimum atomic E-state index is -0.205. The normalized spacial score (nSPS) is 10.4. The molecule has 2 N–H and O–H groups in total. The summed E-state index contributed by atoms with van der Waals surface area (Å²) in [4.78, 5) is 16.3. The molecule has 0 atom stereocenters. The smallest absolute Gasteiger partial charge is 0.315 e. The van der Waals surface area contributed by atoms with Crippen LogP contribution in [0.4, 0.5) is 4.79 Å². The van der Waals surface area contributed by atoms with Crippen LogP contribution in [0.5, 0.6) is 5.75 Å². The molecular formula is C20H23N5O2. The van der Waals surface area contributed by atoms with Gasteiger partial charge in [0.05, 0.1) is 25.0 Å². The highest BCUT2D eigenvalue weighted by molar-refractivity contribution is 5.73. The second-order valence-corrected chi connectivity index (χ2v) is 6.07. The van der Waals surface area contributed by atoms with Gasteiger partial charge in [-0.1, -0.05) is 18.2 Å². The van der Waals surface area contributed by atoms with Gasteiger partial charge in [-0.15, -0.1) is 0 Å². The number of carbonyl (C=O) groups is 1. The first kappa shape index (κ1) is 18.4. The van der Waals surface area contributed by atoms with E-state index in [2.05, 4.69) is 20.7 Å². The van der Waals surface area contributed by atoms with Crippen LogP contribution in [0, 0.1) is 0 Å². The van der Waals surface area contributed by atoms with Crippen molar-refractivity contribution in [2.24, 2.45) is 7.05 Å². The van der Waals surface area contributed by atoms with Crippen LogP contribution in [-0.2, 0) is 20.0 Å². The van der Waals surface area contributed by atoms with Crippen molar-refractivity contribution in [2.45, 2.75) is 13.0 Å². The van der Waals surface area contributed by atoms with E-state index in [0.29, 0.717) is 13.1 Å². The fourth-order valence-corrected chi connectivity index (χ4v) is 2.66. The Morgan fingerprint density at radius 1 is 1.11 bits per heavy atom. The van der Waals surface area contributed by atoms with Crippen molar-refractivity contribution in [1.29, 1.82) is 0 Å². The standard InChI is InChI=1S/C20H23N5O2/c1-25-16(13-19(24-25)18-5-3-4-11-21-18)14-23-20(26)22-12-10-15-6-8-17(27-2)9-7-15/h3-9,11,13H,10,12,14H2,1-2H3,(H2,22,23,26). The lowest BCUT2D eigenvalue weighted by Crippen LogP contribution is -2.36. The summed E-state index contributed by atoms with van der Waals surface area (Å²) in [5, 5.41) is 10.2. The summed E-state index contributed by atoms with van der Waals surface area (Å²) in [5.74, 6) is 0.825. The molecule has 0 saturated heterocycles. The number of aryl methyl sites for hydroxylation is 1. The summed E-state index contributed by atoms with van der Waals surface area (Å²) in [6, 6.07) is 15.2. The van der Waals surface area contributed by atoms with Gasteiger partial charge in [-0.05, 0) is 42.3 Å². The molecule has 0 fully saturated rings. The van der Waals surface area contributed by atoms with E-state index in [-0.39, 0.29) is 6.03 Å². The quantitative estimate of drug-likeness (QED) is 0.674. The summed E-state index contributed by atoms with van der Waals surface area (Å²) in [5.41, 5.74) is 3.64. The van der Waals surface area contributed by atoms with Gasteiger partial charge in [-0.3, -0.25) is 9.67 Å². The molecule has 0 aliphatic heterocycles. The lowest BCUT2D eigenvalue weighted by atomic mass is 10.1. The molecule has 3 rings (SSSR count). The van der Waals surface area contributed by atoms with Gasteiger partial charge in [0.25, 0.3) is 0 Å². The van der Waals surface area contributed by atoms with Gasteiger partial charge >= 0.3 is 6.03 Å². The van der Waals surface area contributed by atoms with Crippen molar-refractivity contribution in [1.82, 2.24) is 25.4 Å². The largest absolute Gasteiger partial charge is 0.497 e. The molecule has 0 aliphatic rings. The van der Waals surface area contributed by atoms with Crippen molar-refractivity contribution in [2.75, 3.05) is 13.7 Å². The Hall–Kier alpha value is -3.35. The Balaban J connectivity index is 1.45. The monoisotopic (exact) mass is 365 g/mol. The number of aromatic nitrogens is 3. The van der Waals surface area contributed by atoms with Crippen LogP contribution in [0.3, 0.4) is 0 Å². The Kier molecular flexibility index (Phi) is 6.04. The van der Waals surface area contributed by atoms with E-state index < -0.39 is 0 Å². The van der Waals surface area contributed by atoms with Crippen molar-refractivity contribution in [3.8, 4) is 17.1 Å². The summed E-state index contributed by atoms with van der Waals surface area (Å²) in [6.07, 6.45) is 2.49. The molecule has 0 saturated carbocycles. The van der Waals surface area contributed by atoms with Crippen molar-refractivity contribution in [3.05, 3.63) is 66.0 Å². The molecule has 7 heteroatoms. The van der Waals surface area contributed by atoms with Gasteiger partial charge in [0, 0.05) is 19.8 Å². The van der Waals surface area contributed by atoms with Crippen LogP contribution in [0.15, 0.2) is 54.7 Å². The number of hydrogen-bond donors (Lipinski definition) is 2. The number of rotatable bonds is 7. The summed E-state index contributed by atoms with van der Waals surface area (Å²) in [7, 11) is 3.49. The van der Waals surface area contributed by atoms with E-state index in [1.165, 1.54) is 0 Å². The maximum Gasteiger partial charge on any atom is 0.315 e. The number of ether oxygens (including phenoxy) is 1. The molecule has 0 bridgehead atoms. The number of methoxy groups -OCH3 is 1. The molecule has 7 nitrogen and oxygen atoms in total. The van der Waals surface area contributed by atoms with Crippen LogP contribution in [-0.4, -0.2) is 34.5 Å². The average molecular weight is 365 g/mol. The van der Waals surface area contributed by atoms with Crippen LogP contribution in [0.1, 0.15) is 11.3 Å². The summed E-state index contributed by atoms with van der Waals surface area (Å²) < 4.78 is 6.89. The fraction of sp³-hybridized carbons (Fsp3) is 0.250. The predicted molar refractivity (Wildman–Crippen MR) is 103 cm³/mol. The Bertz CT molecular complexity index is 875. The van der Waals surface area contributed by atoms with Gasteiger partial charge in [0.15, 0.2) is 0 Å². The molecule has 2 amide bonds. The molecular weight excluding hydrogens is 342 g/mol. The molecule has 2 aromatic heterocycles. The second-order valence-electron chi connectivity index (χ2n) is 6.07. The number of nitrogens with zero attached hydrogens (tertiary/aromatic N) is 3. The number of nitrogens with one attached hydrogen (secondary N) is 2. The van der Waals surface area contributed by atoms with Crippen LogP contribution in [0.25, 0.3) is 11.4 Å². The van der Waals surface area contributed by atoms with Crippen molar-refractivity contribution >= 4 is 6.03 Å². The maximum absolute atomic E-state index is 12.0. The number of amides is 2. The van der Waals surface area contributed by atoms with E-state index >= 15 is 0 Å². The van der Waals surface area contributed by atoms with E-state index in [1.54, 1.807) is 18.0 Å². The third kappa shape index (κ3) is 5.07. The molecule has 0 aliphatic carbocycles. The number of carbonyl (C=O) groups excluding carboxylic acids is 1. The second kappa shape index (κ2) is 8.84.